The van der Waals surface area contributed by atoms with Gasteiger partial charge in [-0.2, -0.15) is 0 Å². The number of carbonyl (C=O) groups excluding carboxylic acids is 1. The maximum Gasteiger partial charge on any atom is 0.311 e. The van der Waals surface area contributed by atoms with E-state index in [0.717, 1.165) is 0 Å². The second-order valence-electron chi connectivity index (χ2n) is 16.6. The molecule has 0 amide bonds. The largest absolute Gasteiger partial charge is 0.459 e. The number of carbonyl (C=O) groups is 1. The summed E-state index contributed by atoms with van der Waals surface area (Å²) in [5.74, 6) is -4.24. The molecule has 18 atom stereocenters. The third kappa shape index (κ3) is 9.47. The summed E-state index contributed by atoms with van der Waals surface area (Å²) < 4.78 is 37.2. The van der Waals surface area contributed by atoms with Crippen LogP contribution in [0.3, 0.4) is 0 Å². The van der Waals surface area contributed by atoms with E-state index in [1.807, 2.05) is 25.9 Å². The maximum absolute atomic E-state index is 14.1. The number of oxime groups is 1. The Kier molecular flexibility index (Phi) is 15.1. The van der Waals surface area contributed by atoms with Gasteiger partial charge >= 0.3 is 5.97 Å². The molecule has 15 heteroatoms. The number of cyclic esters (lactones) is 1. The van der Waals surface area contributed by atoms with Crippen LogP contribution >= 0.6 is 0 Å². The van der Waals surface area contributed by atoms with Crippen molar-refractivity contribution in [1.29, 1.82) is 0 Å². The number of hydrogen-bond acceptors (Lipinski definition) is 15. The summed E-state index contributed by atoms with van der Waals surface area (Å²) in [5.41, 5.74) is -4.68. The molecule has 0 spiro atoms. The SMILES string of the molecule is CC[C@H]1OC(=O)[C@H](C)[C@@H](O[C@@H]2C[C@](C)(OC)[C@H](O)[C@@H](C)O2)[C@H](C)[C@@H](O[C@H]2O[C@H](C)C[C@H](N(C)C)[C@H]2O)[C@@](C)(O)C[C@@H](C)/C(=N/O)[C@H](C)[C@@H](O)[C@]1(C)O. The van der Waals surface area contributed by atoms with E-state index in [9.17, 15) is 35.5 Å². The third-order valence-corrected chi connectivity index (χ3v) is 12.0. The van der Waals surface area contributed by atoms with E-state index in [4.69, 9.17) is 28.4 Å². The molecular formula is C37H68N2O13. The topological polar surface area (TPSA) is 209 Å². The molecule has 304 valence electrons. The van der Waals surface area contributed by atoms with Crippen LogP contribution < -0.4 is 0 Å². The quantitative estimate of drug-likeness (QED) is 0.125. The second kappa shape index (κ2) is 17.5. The molecule has 0 unspecified atom stereocenters. The van der Waals surface area contributed by atoms with E-state index in [1.165, 1.54) is 14.0 Å². The van der Waals surface area contributed by atoms with Crippen molar-refractivity contribution in [3.05, 3.63) is 0 Å². The summed E-state index contributed by atoms with van der Waals surface area (Å²) in [6, 6.07) is -0.322. The number of likely N-dealkylation sites (N-methyl/N-ethyl adjacent to an activating group) is 1. The van der Waals surface area contributed by atoms with Gasteiger partial charge in [0.1, 0.15) is 23.9 Å². The predicted octanol–water partition coefficient (Wildman–Crippen LogP) is 2.05. The first-order chi connectivity index (χ1) is 24.0. The lowest BCUT2D eigenvalue weighted by molar-refractivity contribution is -0.317. The fourth-order valence-electron chi connectivity index (χ4n) is 8.61. The number of aliphatic hydroxyl groups excluding tert-OH is 3. The Morgan fingerprint density at radius 3 is 2.08 bits per heavy atom. The number of rotatable bonds is 7. The smallest absolute Gasteiger partial charge is 0.311 e. The van der Waals surface area contributed by atoms with Crippen molar-refractivity contribution < 1.29 is 64.0 Å². The Balaban J connectivity index is 2.21. The van der Waals surface area contributed by atoms with Gasteiger partial charge in [-0.25, -0.2) is 0 Å². The molecule has 0 saturated carbocycles. The van der Waals surface area contributed by atoms with Crippen LogP contribution in [-0.4, -0.2) is 153 Å². The van der Waals surface area contributed by atoms with Crippen molar-refractivity contribution in [3.63, 3.8) is 0 Å². The average molecular weight is 749 g/mol. The molecule has 0 bridgehead atoms. The highest BCUT2D eigenvalue weighted by Gasteiger charge is 2.53. The Morgan fingerprint density at radius 1 is 0.923 bits per heavy atom. The number of nitrogens with zero attached hydrogens (tertiary/aromatic N) is 2. The van der Waals surface area contributed by atoms with E-state index in [-0.39, 0.29) is 37.1 Å². The van der Waals surface area contributed by atoms with E-state index < -0.39 is 102 Å². The van der Waals surface area contributed by atoms with Crippen LogP contribution in [0.15, 0.2) is 5.16 Å². The first-order valence-corrected chi connectivity index (χ1v) is 18.7. The number of esters is 1. The highest BCUT2D eigenvalue weighted by atomic mass is 16.7. The lowest BCUT2D eigenvalue weighted by Gasteiger charge is -2.49. The van der Waals surface area contributed by atoms with Gasteiger partial charge in [0.25, 0.3) is 0 Å². The van der Waals surface area contributed by atoms with Gasteiger partial charge in [-0.1, -0.05) is 32.9 Å². The van der Waals surface area contributed by atoms with Gasteiger partial charge in [0.2, 0.25) is 0 Å². The molecule has 0 radical (unpaired) electrons. The van der Waals surface area contributed by atoms with Crippen LogP contribution in [0.2, 0.25) is 0 Å². The fourth-order valence-corrected chi connectivity index (χ4v) is 8.61. The Labute approximate surface area is 309 Å². The van der Waals surface area contributed by atoms with E-state index in [1.54, 1.807) is 55.4 Å². The first kappa shape index (κ1) is 44.9. The van der Waals surface area contributed by atoms with Crippen molar-refractivity contribution in [2.24, 2.45) is 28.8 Å². The summed E-state index contributed by atoms with van der Waals surface area (Å²) in [5, 5.41) is 71.8. The normalized spacial score (nSPS) is 49.8. The molecule has 0 aromatic heterocycles. The fraction of sp³-hybridized carbons (Fsp3) is 0.946. The van der Waals surface area contributed by atoms with Crippen molar-refractivity contribution in [2.45, 2.75) is 179 Å². The number of aliphatic hydroxyl groups is 5. The summed E-state index contributed by atoms with van der Waals surface area (Å²) in [4.78, 5) is 16.0. The molecule has 0 aromatic rings. The zero-order valence-corrected chi connectivity index (χ0v) is 33.4. The molecule has 3 aliphatic heterocycles. The standard InChI is InChI=1S/C37H68N2O13/c1-14-25-37(10,45)30(41)20(4)27(38-46)18(2)16-35(8,44)32(52-34-28(40)24(39(11)12)15-19(3)48-34)21(5)29(22(6)33(43)50-25)51-26-17-36(9,47-13)31(42)23(7)49-26/h18-26,28-32,34,40-42,44-46H,14-17H2,1-13H3/b38-27-/t18-,19-,20+,21+,22-,23-,24+,25-,26-,28-,29+,30-,31-,32-,34-,35+,36+,37-/m1/s1. The van der Waals surface area contributed by atoms with Crippen molar-refractivity contribution in [2.75, 3.05) is 21.2 Å². The Bertz CT molecular complexity index is 1200. The van der Waals surface area contributed by atoms with E-state index in [0.29, 0.717) is 6.42 Å². The summed E-state index contributed by atoms with van der Waals surface area (Å²) in [7, 11) is 5.19. The molecule has 3 rings (SSSR count). The van der Waals surface area contributed by atoms with E-state index >= 15 is 0 Å². The monoisotopic (exact) mass is 748 g/mol. The molecular weight excluding hydrogens is 680 g/mol. The van der Waals surface area contributed by atoms with Crippen molar-refractivity contribution in [3.8, 4) is 0 Å². The first-order valence-electron chi connectivity index (χ1n) is 18.7. The molecule has 3 heterocycles. The van der Waals surface area contributed by atoms with Crippen LogP contribution in [0.4, 0.5) is 0 Å². The molecule has 15 nitrogen and oxygen atoms in total. The van der Waals surface area contributed by atoms with Gasteiger partial charge in [-0.05, 0) is 74.9 Å². The van der Waals surface area contributed by atoms with Gasteiger partial charge in [0.05, 0.1) is 53.4 Å². The number of methoxy groups -OCH3 is 1. The maximum atomic E-state index is 14.1. The lowest BCUT2D eigenvalue weighted by Crippen LogP contribution is -2.61. The third-order valence-electron chi connectivity index (χ3n) is 12.0. The van der Waals surface area contributed by atoms with Crippen LogP contribution in [0.1, 0.15) is 94.9 Å². The molecule has 3 aliphatic rings. The minimum Gasteiger partial charge on any atom is -0.459 e. The summed E-state index contributed by atoms with van der Waals surface area (Å²) in [6.07, 6.45) is -9.51. The second-order valence-corrected chi connectivity index (χ2v) is 16.6. The highest BCUT2D eigenvalue weighted by molar-refractivity contribution is 5.88. The van der Waals surface area contributed by atoms with Crippen LogP contribution in [0.5, 0.6) is 0 Å². The Hall–Kier alpha value is -1.50. The van der Waals surface area contributed by atoms with Crippen molar-refractivity contribution >= 4 is 11.7 Å². The number of hydrogen-bond donors (Lipinski definition) is 6. The summed E-state index contributed by atoms with van der Waals surface area (Å²) in [6.45, 7) is 16.6. The zero-order chi connectivity index (χ0) is 39.7. The van der Waals surface area contributed by atoms with Gasteiger partial charge in [0.15, 0.2) is 12.6 Å². The van der Waals surface area contributed by atoms with Crippen LogP contribution in [0, 0.1) is 23.7 Å². The van der Waals surface area contributed by atoms with E-state index in [2.05, 4.69) is 5.16 Å². The minimum absolute atomic E-state index is 0.0657. The average Bonchev–Trinajstić information content (AvgIpc) is 3.06. The zero-order valence-electron chi connectivity index (χ0n) is 33.4. The molecule has 3 fully saturated rings. The molecule has 0 aromatic carbocycles. The van der Waals surface area contributed by atoms with Gasteiger partial charge in [-0.3, -0.25) is 4.79 Å². The van der Waals surface area contributed by atoms with Crippen LogP contribution in [-0.2, 0) is 33.2 Å². The molecule has 3 saturated heterocycles. The van der Waals surface area contributed by atoms with Crippen LogP contribution in [0.25, 0.3) is 0 Å². The predicted molar refractivity (Wildman–Crippen MR) is 190 cm³/mol. The Morgan fingerprint density at radius 2 is 1.54 bits per heavy atom. The lowest BCUT2D eigenvalue weighted by atomic mass is 9.73. The summed E-state index contributed by atoms with van der Waals surface area (Å²) >= 11 is 0. The van der Waals surface area contributed by atoms with Gasteiger partial charge in [0, 0.05) is 37.3 Å². The minimum atomic E-state index is -1.97. The highest BCUT2D eigenvalue weighted by Crippen LogP contribution is 2.41. The molecule has 0 aliphatic carbocycles. The molecule has 52 heavy (non-hydrogen) atoms. The van der Waals surface area contributed by atoms with Crippen molar-refractivity contribution in [1.82, 2.24) is 4.90 Å². The van der Waals surface area contributed by atoms with Gasteiger partial charge in [-0.15, -0.1) is 0 Å². The number of ether oxygens (including phenoxy) is 6. The van der Waals surface area contributed by atoms with Gasteiger partial charge < -0.3 is 64.1 Å². The molecule has 6 N–H and O–H groups in total.